The average molecular weight is 440 g/mol. The van der Waals surface area contributed by atoms with Crippen LogP contribution in [0.3, 0.4) is 0 Å². The predicted octanol–water partition coefficient (Wildman–Crippen LogP) is 4.19. The molecule has 0 atom stereocenters. The Morgan fingerprint density at radius 2 is 1.94 bits per heavy atom. The first-order valence-corrected chi connectivity index (χ1v) is 10.0. The van der Waals surface area contributed by atoms with E-state index in [0.717, 1.165) is 0 Å². The van der Waals surface area contributed by atoms with Crippen LogP contribution in [-0.4, -0.2) is 40.3 Å². The standard InChI is InChI=1S/C23H25FN4O4/c1-23(2,3)32-22(29)27-13-18(20(25)14-27)21(17-9-4-5-10-19(17)24)26-12-15-7-6-8-16(11-15)28(30)31/h4-11H,12-14,25H2,1-3H3. The van der Waals surface area contributed by atoms with Crippen molar-refractivity contribution in [3.8, 4) is 0 Å². The zero-order chi connectivity index (χ0) is 23.5. The van der Waals surface area contributed by atoms with Crippen LogP contribution >= 0.6 is 0 Å². The number of nitrogens with zero attached hydrogens (tertiary/aromatic N) is 3. The number of halogens is 1. The molecule has 1 aliphatic heterocycles. The van der Waals surface area contributed by atoms with Crippen LogP contribution in [0.15, 0.2) is 64.8 Å². The summed E-state index contributed by atoms with van der Waals surface area (Å²) in [5.41, 5.74) is 7.55. The van der Waals surface area contributed by atoms with Gasteiger partial charge in [-0.15, -0.1) is 0 Å². The van der Waals surface area contributed by atoms with Crippen LogP contribution in [0.4, 0.5) is 14.9 Å². The van der Waals surface area contributed by atoms with E-state index in [2.05, 4.69) is 4.99 Å². The van der Waals surface area contributed by atoms with Gasteiger partial charge in [0.25, 0.3) is 5.69 Å². The Kier molecular flexibility index (Phi) is 6.57. The van der Waals surface area contributed by atoms with Crippen molar-refractivity contribution in [1.82, 2.24) is 4.90 Å². The van der Waals surface area contributed by atoms with E-state index in [4.69, 9.17) is 10.5 Å². The van der Waals surface area contributed by atoms with Crippen molar-refractivity contribution in [2.45, 2.75) is 32.9 Å². The maximum Gasteiger partial charge on any atom is 0.410 e. The van der Waals surface area contributed by atoms with Crippen molar-refractivity contribution in [3.63, 3.8) is 0 Å². The molecule has 0 bridgehead atoms. The number of benzene rings is 2. The monoisotopic (exact) mass is 440 g/mol. The zero-order valence-corrected chi connectivity index (χ0v) is 18.2. The third kappa shape index (κ3) is 5.48. The van der Waals surface area contributed by atoms with Gasteiger partial charge in [0.15, 0.2) is 0 Å². The number of rotatable bonds is 5. The SMILES string of the molecule is CC(C)(C)OC(=O)N1CC(N)=C(C(=NCc2cccc([N+](=O)[O-])c2)c2ccccc2F)C1. The summed E-state index contributed by atoms with van der Waals surface area (Å²) < 4.78 is 20.1. The second kappa shape index (κ2) is 9.17. The number of hydrogen-bond donors (Lipinski definition) is 1. The van der Waals surface area contributed by atoms with Crippen LogP contribution in [0.5, 0.6) is 0 Å². The molecule has 32 heavy (non-hydrogen) atoms. The molecule has 0 saturated carbocycles. The summed E-state index contributed by atoms with van der Waals surface area (Å²) >= 11 is 0. The number of hydrogen-bond acceptors (Lipinski definition) is 6. The van der Waals surface area contributed by atoms with Gasteiger partial charge in [0, 0.05) is 29.0 Å². The highest BCUT2D eigenvalue weighted by molar-refractivity contribution is 6.14. The second-order valence-electron chi connectivity index (χ2n) is 8.41. The summed E-state index contributed by atoms with van der Waals surface area (Å²) in [5.74, 6) is -0.485. The molecule has 0 aliphatic carbocycles. The Morgan fingerprint density at radius 3 is 2.59 bits per heavy atom. The van der Waals surface area contributed by atoms with Crippen molar-refractivity contribution < 1.29 is 18.8 Å². The summed E-state index contributed by atoms with van der Waals surface area (Å²) in [6.07, 6.45) is -0.526. The van der Waals surface area contributed by atoms with Gasteiger partial charge in [-0.1, -0.05) is 24.3 Å². The molecule has 2 N–H and O–H groups in total. The van der Waals surface area contributed by atoms with E-state index in [1.807, 2.05) is 0 Å². The van der Waals surface area contributed by atoms with Crippen molar-refractivity contribution in [2.24, 2.45) is 10.7 Å². The minimum atomic E-state index is -0.668. The van der Waals surface area contributed by atoms with Crippen LogP contribution in [-0.2, 0) is 11.3 Å². The minimum Gasteiger partial charge on any atom is -0.444 e. The van der Waals surface area contributed by atoms with Gasteiger partial charge >= 0.3 is 6.09 Å². The molecule has 0 unspecified atom stereocenters. The molecule has 2 aromatic carbocycles. The molecule has 0 spiro atoms. The first kappa shape index (κ1) is 22.9. The lowest BCUT2D eigenvalue weighted by molar-refractivity contribution is -0.384. The fraction of sp³-hybridized carbons (Fsp3) is 0.304. The Balaban J connectivity index is 1.94. The van der Waals surface area contributed by atoms with Crippen LogP contribution in [0.25, 0.3) is 0 Å². The van der Waals surface area contributed by atoms with E-state index < -0.39 is 22.4 Å². The number of aliphatic imine (C=N–C) groups is 1. The number of ether oxygens (including phenoxy) is 1. The second-order valence-corrected chi connectivity index (χ2v) is 8.41. The Morgan fingerprint density at radius 1 is 1.22 bits per heavy atom. The molecule has 0 aromatic heterocycles. The molecule has 0 saturated heterocycles. The smallest absolute Gasteiger partial charge is 0.410 e. The Hall–Kier alpha value is -3.75. The first-order valence-electron chi connectivity index (χ1n) is 10.0. The molecule has 9 heteroatoms. The van der Waals surface area contributed by atoms with Crippen molar-refractivity contribution in [2.75, 3.05) is 13.1 Å². The highest BCUT2D eigenvalue weighted by Gasteiger charge is 2.31. The Labute approximate surface area is 185 Å². The quantitative estimate of drug-likeness (QED) is 0.426. The van der Waals surface area contributed by atoms with Gasteiger partial charge < -0.3 is 10.5 Å². The van der Waals surface area contributed by atoms with E-state index in [9.17, 15) is 19.3 Å². The van der Waals surface area contributed by atoms with Gasteiger partial charge in [-0.3, -0.25) is 20.0 Å². The fourth-order valence-electron chi connectivity index (χ4n) is 3.27. The number of nitro groups is 1. The molecule has 0 radical (unpaired) electrons. The molecule has 168 valence electrons. The molecule has 1 heterocycles. The first-order chi connectivity index (χ1) is 15.0. The maximum atomic E-state index is 14.7. The normalized spacial score (nSPS) is 14.6. The molecule has 1 amide bonds. The largest absolute Gasteiger partial charge is 0.444 e. The van der Waals surface area contributed by atoms with Gasteiger partial charge in [0.05, 0.1) is 30.3 Å². The predicted molar refractivity (Wildman–Crippen MR) is 119 cm³/mol. The number of nitro benzene ring substituents is 1. The van der Waals surface area contributed by atoms with Crippen LogP contribution in [0.2, 0.25) is 0 Å². The van der Waals surface area contributed by atoms with Gasteiger partial charge in [-0.05, 0) is 38.5 Å². The maximum absolute atomic E-state index is 14.7. The van der Waals surface area contributed by atoms with Gasteiger partial charge in [0.1, 0.15) is 11.4 Å². The average Bonchev–Trinajstić information content (AvgIpc) is 3.10. The van der Waals surface area contributed by atoms with E-state index in [1.54, 1.807) is 51.1 Å². The molecular formula is C23H25FN4O4. The summed E-state index contributed by atoms with van der Waals surface area (Å²) in [5, 5.41) is 11.1. The van der Waals surface area contributed by atoms with Crippen molar-refractivity contribution in [1.29, 1.82) is 0 Å². The van der Waals surface area contributed by atoms with E-state index in [-0.39, 0.29) is 30.9 Å². The van der Waals surface area contributed by atoms with Gasteiger partial charge in [-0.2, -0.15) is 0 Å². The molecule has 2 aromatic rings. The molecule has 8 nitrogen and oxygen atoms in total. The highest BCUT2D eigenvalue weighted by Crippen LogP contribution is 2.24. The summed E-state index contributed by atoms with van der Waals surface area (Å²) in [7, 11) is 0. The van der Waals surface area contributed by atoms with Crippen molar-refractivity contribution in [3.05, 3.63) is 86.9 Å². The number of amides is 1. The number of carbonyl (C=O) groups is 1. The molecule has 0 fully saturated rings. The summed E-state index contributed by atoms with van der Waals surface area (Å²) in [4.78, 5) is 29.1. The molecule has 1 aliphatic rings. The lowest BCUT2D eigenvalue weighted by atomic mass is 10.0. The summed E-state index contributed by atoms with van der Waals surface area (Å²) in [6, 6.07) is 12.2. The Bertz CT molecular complexity index is 1110. The lowest BCUT2D eigenvalue weighted by Gasteiger charge is -2.24. The highest BCUT2D eigenvalue weighted by atomic mass is 19.1. The van der Waals surface area contributed by atoms with Gasteiger partial charge in [-0.25, -0.2) is 9.18 Å². The lowest BCUT2D eigenvalue weighted by Crippen LogP contribution is -2.36. The van der Waals surface area contributed by atoms with E-state index >= 15 is 0 Å². The molecular weight excluding hydrogens is 415 g/mol. The fourth-order valence-corrected chi connectivity index (χ4v) is 3.27. The number of nitrogens with two attached hydrogens (primary N) is 1. The number of non-ortho nitro benzene ring substituents is 1. The van der Waals surface area contributed by atoms with Crippen LogP contribution in [0, 0.1) is 15.9 Å². The van der Waals surface area contributed by atoms with Crippen molar-refractivity contribution >= 4 is 17.5 Å². The zero-order valence-electron chi connectivity index (χ0n) is 18.2. The van der Waals surface area contributed by atoms with Crippen LogP contribution in [0.1, 0.15) is 31.9 Å². The third-order valence-corrected chi connectivity index (χ3v) is 4.71. The minimum absolute atomic E-state index is 0.0548. The van der Waals surface area contributed by atoms with Crippen LogP contribution < -0.4 is 5.73 Å². The number of carbonyl (C=O) groups excluding carboxylic acids is 1. The van der Waals surface area contributed by atoms with E-state index in [0.29, 0.717) is 22.5 Å². The van der Waals surface area contributed by atoms with E-state index in [1.165, 1.54) is 23.1 Å². The topological polar surface area (TPSA) is 111 Å². The van der Waals surface area contributed by atoms with Gasteiger partial charge in [0.2, 0.25) is 0 Å². The third-order valence-electron chi connectivity index (χ3n) is 4.71. The summed E-state index contributed by atoms with van der Waals surface area (Å²) in [6.45, 7) is 5.63. The molecule has 3 rings (SSSR count).